The Hall–Kier alpha value is -3.85. The minimum atomic E-state index is -0.333. The van der Waals surface area contributed by atoms with Crippen molar-refractivity contribution in [3.05, 3.63) is 92.0 Å². The van der Waals surface area contributed by atoms with E-state index in [1.54, 1.807) is 17.0 Å². The Bertz CT molecular complexity index is 1410. The fourth-order valence-corrected chi connectivity index (χ4v) is 5.19. The number of nitrogens with zero attached hydrogens (tertiary/aromatic N) is 5. The number of amides is 1. The summed E-state index contributed by atoms with van der Waals surface area (Å²) >= 11 is 1.43. The van der Waals surface area contributed by atoms with E-state index in [2.05, 4.69) is 9.88 Å². The molecule has 4 heterocycles. The number of fused-ring (bicyclic) bond motifs is 1. The lowest BCUT2D eigenvalue weighted by Gasteiger charge is -2.36. The maximum absolute atomic E-state index is 13.6. The Morgan fingerprint density at radius 1 is 1.03 bits per heavy atom. The van der Waals surface area contributed by atoms with Gasteiger partial charge in [-0.3, -0.25) is 19.1 Å². The molecular weight excluding hydrogens is 450 g/mol. The predicted octanol–water partition coefficient (Wildman–Crippen LogP) is 3.51. The van der Waals surface area contributed by atoms with Crippen LogP contribution in [0.5, 0.6) is 0 Å². The van der Waals surface area contributed by atoms with Gasteiger partial charge < -0.3 is 9.80 Å². The Morgan fingerprint density at radius 3 is 2.44 bits per heavy atom. The quantitative estimate of drug-likeness (QED) is 0.414. The number of carbonyl (C=O) groups excluding carboxylic acids is 1. The van der Waals surface area contributed by atoms with E-state index in [4.69, 9.17) is 0 Å². The van der Waals surface area contributed by atoms with Gasteiger partial charge in [-0.25, -0.2) is 0 Å². The summed E-state index contributed by atoms with van der Waals surface area (Å²) in [6.45, 7) is 2.46. The number of carbonyl (C=O) groups is 1. The van der Waals surface area contributed by atoms with Crippen LogP contribution in [-0.4, -0.2) is 58.3 Å². The van der Waals surface area contributed by atoms with Crippen molar-refractivity contribution in [2.24, 2.45) is 0 Å². The molecule has 0 radical (unpaired) electrons. The molecule has 1 aliphatic rings. The summed E-state index contributed by atoms with van der Waals surface area (Å²) in [6, 6.07) is 15.1. The maximum atomic E-state index is 13.6. The number of hydrogen-bond acceptors (Lipinski definition) is 6. The maximum Gasteiger partial charge on any atom is 0.344 e. The van der Waals surface area contributed by atoms with Crippen LogP contribution in [0, 0.1) is 4.91 Å². The number of hydrogen-bond donors (Lipinski definition) is 0. The average molecular weight is 475 g/mol. The van der Waals surface area contributed by atoms with Crippen molar-refractivity contribution in [1.82, 2.24) is 14.5 Å². The summed E-state index contributed by atoms with van der Waals surface area (Å²) < 4.78 is 2.31. The van der Waals surface area contributed by atoms with Gasteiger partial charge in [0, 0.05) is 53.6 Å². The van der Waals surface area contributed by atoms with Crippen molar-refractivity contribution in [3.8, 4) is 0 Å². The molecule has 0 unspecified atom stereocenters. The van der Waals surface area contributed by atoms with Gasteiger partial charge in [-0.1, -0.05) is 24.3 Å². The first-order valence-electron chi connectivity index (χ1n) is 11.1. The first-order chi connectivity index (χ1) is 16.5. The van der Waals surface area contributed by atoms with Crippen molar-refractivity contribution < 1.29 is 9.55 Å². The van der Waals surface area contributed by atoms with E-state index in [1.165, 1.54) is 18.4 Å². The standard InChI is InChI=1S/C25H24N5O3S/c1-27(33)23-22(28-12-14-29(15-13-28)24(31)21-7-4-16-34-21)19-5-2-3-6-20(19)30(25(23)32)17-18-8-10-26-11-9-18/h2-11,16H,12-15,17H2,1H3/q+1. The summed E-state index contributed by atoms with van der Waals surface area (Å²) in [4.78, 5) is 47.8. The molecular formula is C25H24N5O3S+. The van der Waals surface area contributed by atoms with Gasteiger partial charge >= 0.3 is 11.2 Å². The van der Waals surface area contributed by atoms with E-state index in [0.717, 1.165) is 21.3 Å². The third kappa shape index (κ3) is 3.99. The molecule has 4 aromatic rings. The molecule has 9 heteroatoms. The van der Waals surface area contributed by atoms with Gasteiger partial charge in [0.15, 0.2) is 7.05 Å². The predicted molar refractivity (Wildman–Crippen MR) is 133 cm³/mol. The Morgan fingerprint density at radius 2 is 1.76 bits per heavy atom. The van der Waals surface area contributed by atoms with E-state index >= 15 is 0 Å². The summed E-state index contributed by atoms with van der Waals surface area (Å²) in [5, 5.41) is 2.74. The van der Waals surface area contributed by atoms with Crippen LogP contribution in [0.3, 0.4) is 0 Å². The Kier molecular flexibility index (Phi) is 5.93. The molecule has 1 saturated heterocycles. The summed E-state index contributed by atoms with van der Waals surface area (Å²) in [7, 11) is 1.36. The number of thiophene rings is 1. The molecule has 172 valence electrons. The van der Waals surface area contributed by atoms with Gasteiger partial charge in [0.05, 0.1) is 16.9 Å². The lowest BCUT2D eigenvalue weighted by atomic mass is 10.1. The first-order valence-corrected chi connectivity index (χ1v) is 12.0. The van der Waals surface area contributed by atoms with Gasteiger partial charge in [0.25, 0.3) is 5.91 Å². The number of piperazine rings is 1. The van der Waals surface area contributed by atoms with Crippen LogP contribution < -0.4 is 10.5 Å². The second-order valence-electron chi connectivity index (χ2n) is 8.22. The molecule has 0 aliphatic carbocycles. The van der Waals surface area contributed by atoms with Crippen molar-refractivity contribution in [2.45, 2.75) is 6.54 Å². The van der Waals surface area contributed by atoms with Crippen molar-refractivity contribution in [2.75, 3.05) is 38.1 Å². The Balaban J connectivity index is 1.55. The molecule has 1 aliphatic heterocycles. The zero-order valence-corrected chi connectivity index (χ0v) is 19.6. The number of nitroso groups, excluding NO2 is 1. The third-order valence-electron chi connectivity index (χ3n) is 6.14. The fraction of sp³-hybridized carbons (Fsp3) is 0.240. The fourth-order valence-electron chi connectivity index (χ4n) is 4.50. The van der Waals surface area contributed by atoms with Crippen LogP contribution >= 0.6 is 11.3 Å². The largest absolute Gasteiger partial charge is 0.362 e. The summed E-state index contributed by atoms with van der Waals surface area (Å²) in [5.41, 5.74) is 2.11. The molecule has 1 amide bonds. The van der Waals surface area contributed by atoms with E-state index in [-0.39, 0.29) is 17.2 Å². The highest BCUT2D eigenvalue weighted by Gasteiger charge is 2.32. The Labute approximate surface area is 200 Å². The molecule has 0 bridgehead atoms. The number of aromatic nitrogens is 2. The lowest BCUT2D eigenvalue weighted by molar-refractivity contribution is -0.428. The zero-order valence-electron chi connectivity index (χ0n) is 18.8. The molecule has 8 nitrogen and oxygen atoms in total. The topological polar surface area (TPSA) is 78.5 Å². The summed E-state index contributed by atoms with van der Waals surface area (Å²) in [6.07, 6.45) is 3.38. The van der Waals surface area contributed by atoms with Gasteiger partial charge in [-0.15, -0.1) is 11.3 Å². The van der Waals surface area contributed by atoms with Crippen molar-refractivity contribution in [1.29, 1.82) is 0 Å². The van der Waals surface area contributed by atoms with Crippen LogP contribution in [0.1, 0.15) is 15.2 Å². The number of pyridine rings is 2. The number of benzene rings is 1. The highest BCUT2D eigenvalue weighted by atomic mass is 32.1. The zero-order chi connectivity index (χ0) is 23.7. The molecule has 0 N–H and O–H groups in total. The van der Waals surface area contributed by atoms with E-state index in [1.807, 2.05) is 58.8 Å². The molecule has 5 rings (SSSR count). The first kappa shape index (κ1) is 22.0. The van der Waals surface area contributed by atoms with Crippen LogP contribution in [0.25, 0.3) is 10.9 Å². The monoisotopic (exact) mass is 474 g/mol. The molecule has 3 aromatic heterocycles. The van der Waals surface area contributed by atoms with Gasteiger partial charge in [-0.05, 0) is 35.2 Å². The minimum Gasteiger partial charge on any atom is -0.362 e. The average Bonchev–Trinajstić information content (AvgIpc) is 3.40. The van der Waals surface area contributed by atoms with E-state index in [0.29, 0.717) is 43.2 Å². The van der Waals surface area contributed by atoms with Crippen LogP contribution in [0.15, 0.2) is 71.1 Å². The van der Waals surface area contributed by atoms with E-state index < -0.39 is 0 Å². The number of rotatable bonds is 5. The minimum absolute atomic E-state index is 0.0217. The molecule has 0 spiro atoms. The second kappa shape index (κ2) is 9.18. The smallest absolute Gasteiger partial charge is 0.344 e. The van der Waals surface area contributed by atoms with Crippen molar-refractivity contribution in [3.63, 3.8) is 0 Å². The SMILES string of the molecule is C[N+](=O)c1c(N2CCN(C(=O)c3cccs3)CC2)c2ccccc2n(Cc2ccncc2)c1=O. The lowest BCUT2D eigenvalue weighted by Crippen LogP contribution is -2.49. The van der Waals surface area contributed by atoms with Gasteiger partial charge in [0.1, 0.15) is 5.69 Å². The molecule has 0 saturated carbocycles. The normalized spacial score (nSPS) is 13.9. The highest BCUT2D eigenvalue weighted by Crippen LogP contribution is 2.34. The second-order valence-corrected chi connectivity index (χ2v) is 9.16. The van der Waals surface area contributed by atoms with E-state index in [9.17, 15) is 14.5 Å². The highest BCUT2D eigenvalue weighted by molar-refractivity contribution is 7.12. The molecule has 34 heavy (non-hydrogen) atoms. The van der Waals surface area contributed by atoms with Crippen LogP contribution in [0.2, 0.25) is 0 Å². The van der Waals surface area contributed by atoms with Crippen LogP contribution in [-0.2, 0) is 6.54 Å². The van der Waals surface area contributed by atoms with Gasteiger partial charge in [0.2, 0.25) is 0 Å². The molecule has 0 atom stereocenters. The van der Waals surface area contributed by atoms with Gasteiger partial charge in [-0.2, -0.15) is 0 Å². The number of para-hydroxylation sites is 1. The molecule has 1 fully saturated rings. The van der Waals surface area contributed by atoms with Crippen LogP contribution in [0.4, 0.5) is 11.4 Å². The summed E-state index contributed by atoms with van der Waals surface area (Å²) in [5.74, 6) is 0.0217. The molecule has 1 aromatic carbocycles. The third-order valence-corrected chi connectivity index (χ3v) is 7.00. The number of anilines is 1. The van der Waals surface area contributed by atoms with Crippen molar-refractivity contribution >= 4 is 39.5 Å².